The fraction of sp³-hybridized carbons (Fsp3) is 0.357. The Morgan fingerprint density at radius 2 is 1.90 bits per heavy atom. The SMILES string of the molecule is CC(C)(C)c1ccc(-c2nnc3n2NC(=O)CS3)cc1. The van der Waals surface area contributed by atoms with Crippen molar-refractivity contribution in [2.75, 3.05) is 11.2 Å². The van der Waals surface area contributed by atoms with E-state index in [4.69, 9.17) is 0 Å². The third-order valence-corrected chi connectivity index (χ3v) is 4.14. The molecule has 0 fully saturated rings. The van der Waals surface area contributed by atoms with Gasteiger partial charge in [0, 0.05) is 5.56 Å². The van der Waals surface area contributed by atoms with E-state index in [0.717, 1.165) is 10.7 Å². The van der Waals surface area contributed by atoms with Crippen LogP contribution in [0.1, 0.15) is 26.3 Å². The Balaban J connectivity index is 1.98. The first kappa shape index (κ1) is 13.2. The van der Waals surface area contributed by atoms with Crippen LogP contribution in [0.3, 0.4) is 0 Å². The van der Waals surface area contributed by atoms with Gasteiger partial charge >= 0.3 is 0 Å². The molecule has 0 radical (unpaired) electrons. The van der Waals surface area contributed by atoms with Gasteiger partial charge in [0.2, 0.25) is 11.1 Å². The number of amides is 1. The molecule has 1 aliphatic rings. The van der Waals surface area contributed by atoms with Gasteiger partial charge in [0.25, 0.3) is 0 Å². The summed E-state index contributed by atoms with van der Waals surface area (Å²) < 4.78 is 1.66. The Morgan fingerprint density at radius 1 is 1.20 bits per heavy atom. The first-order valence-electron chi connectivity index (χ1n) is 6.44. The van der Waals surface area contributed by atoms with Crippen LogP contribution in [-0.4, -0.2) is 26.5 Å². The highest BCUT2D eigenvalue weighted by Crippen LogP contribution is 2.28. The van der Waals surface area contributed by atoms with Crippen LogP contribution in [0, 0.1) is 0 Å². The maximum absolute atomic E-state index is 11.5. The van der Waals surface area contributed by atoms with E-state index in [2.05, 4.69) is 48.5 Å². The molecule has 0 unspecified atom stereocenters. The zero-order valence-corrected chi connectivity index (χ0v) is 12.5. The molecule has 2 aromatic rings. The molecule has 0 saturated carbocycles. The van der Waals surface area contributed by atoms with Crippen molar-refractivity contribution in [2.45, 2.75) is 31.3 Å². The standard InChI is InChI=1S/C14H16N4OS/c1-14(2,3)10-6-4-9(5-7-10)12-15-16-13-18(12)17-11(19)8-20-13/h4-7H,8H2,1-3H3,(H,17,19). The summed E-state index contributed by atoms with van der Waals surface area (Å²) >= 11 is 1.40. The molecular weight excluding hydrogens is 272 g/mol. The first-order valence-corrected chi connectivity index (χ1v) is 7.43. The lowest BCUT2D eigenvalue weighted by Gasteiger charge is -2.19. The predicted octanol–water partition coefficient (Wildman–Crippen LogP) is 2.42. The number of hydrogen-bond acceptors (Lipinski definition) is 4. The molecule has 0 bridgehead atoms. The second-order valence-corrected chi connectivity index (χ2v) is 6.74. The highest BCUT2D eigenvalue weighted by Gasteiger charge is 2.22. The van der Waals surface area contributed by atoms with Crippen molar-refractivity contribution in [1.29, 1.82) is 0 Å². The molecule has 1 aromatic heterocycles. The maximum atomic E-state index is 11.5. The molecule has 1 aliphatic heterocycles. The van der Waals surface area contributed by atoms with Crippen molar-refractivity contribution in [1.82, 2.24) is 14.9 Å². The van der Waals surface area contributed by atoms with Crippen molar-refractivity contribution >= 4 is 17.7 Å². The Labute approximate surface area is 121 Å². The highest BCUT2D eigenvalue weighted by atomic mass is 32.2. The average molecular weight is 288 g/mol. The number of thioether (sulfide) groups is 1. The number of benzene rings is 1. The molecule has 20 heavy (non-hydrogen) atoms. The van der Waals surface area contributed by atoms with E-state index >= 15 is 0 Å². The number of fused-ring (bicyclic) bond motifs is 1. The molecule has 6 heteroatoms. The van der Waals surface area contributed by atoms with Gasteiger partial charge in [-0.25, -0.2) is 4.68 Å². The topological polar surface area (TPSA) is 59.8 Å². The quantitative estimate of drug-likeness (QED) is 0.875. The molecule has 0 spiro atoms. The zero-order valence-electron chi connectivity index (χ0n) is 11.7. The molecule has 0 aliphatic carbocycles. The minimum Gasteiger partial charge on any atom is -0.272 e. The predicted molar refractivity (Wildman–Crippen MR) is 79.2 cm³/mol. The summed E-state index contributed by atoms with van der Waals surface area (Å²) in [6.45, 7) is 6.54. The second kappa shape index (κ2) is 4.63. The minimum absolute atomic E-state index is 0.0325. The summed E-state index contributed by atoms with van der Waals surface area (Å²) in [5.74, 6) is 1.03. The van der Waals surface area contributed by atoms with E-state index in [-0.39, 0.29) is 11.3 Å². The van der Waals surface area contributed by atoms with Crippen LogP contribution in [0.2, 0.25) is 0 Å². The smallest absolute Gasteiger partial charge is 0.249 e. The molecular formula is C14H16N4OS. The van der Waals surface area contributed by atoms with Crippen molar-refractivity contribution in [3.63, 3.8) is 0 Å². The molecule has 3 rings (SSSR count). The van der Waals surface area contributed by atoms with E-state index in [1.807, 2.05) is 12.1 Å². The Bertz CT molecular complexity index is 655. The van der Waals surface area contributed by atoms with Gasteiger partial charge in [-0.1, -0.05) is 56.8 Å². The van der Waals surface area contributed by atoms with Crippen LogP contribution < -0.4 is 5.43 Å². The lowest BCUT2D eigenvalue weighted by Crippen LogP contribution is -2.29. The van der Waals surface area contributed by atoms with Gasteiger partial charge in [-0.3, -0.25) is 10.2 Å². The van der Waals surface area contributed by atoms with Gasteiger partial charge < -0.3 is 0 Å². The average Bonchev–Trinajstić information content (AvgIpc) is 2.81. The third-order valence-electron chi connectivity index (χ3n) is 3.21. The van der Waals surface area contributed by atoms with Gasteiger partial charge in [0.05, 0.1) is 5.75 Å². The number of nitrogens with one attached hydrogen (secondary N) is 1. The summed E-state index contributed by atoms with van der Waals surface area (Å²) in [5, 5.41) is 8.99. The number of rotatable bonds is 1. The van der Waals surface area contributed by atoms with Gasteiger partial charge in [-0.2, -0.15) is 0 Å². The number of nitrogens with zero attached hydrogens (tertiary/aromatic N) is 3. The van der Waals surface area contributed by atoms with Gasteiger partial charge in [0.1, 0.15) is 0 Å². The molecule has 1 aromatic carbocycles. The summed E-state index contributed by atoms with van der Waals surface area (Å²) in [7, 11) is 0. The molecule has 104 valence electrons. The van der Waals surface area contributed by atoms with Crippen LogP contribution in [0.25, 0.3) is 11.4 Å². The molecule has 0 atom stereocenters. The van der Waals surface area contributed by atoms with E-state index < -0.39 is 0 Å². The monoisotopic (exact) mass is 288 g/mol. The Morgan fingerprint density at radius 3 is 2.55 bits per heavy atom. The van der Waals surface area contributed by atoms with Gasteiger partial charge in [-0.05, 0) is 11.0 Å². The normalized spacial score (nSPS) is 14.8. The van der Waals surface area contributed by atoms with Crippen LogP contribution in [-0.2, 0) is 10.2 Å². The molecule has 5 nitrogen and oxygen atoms in total. The molecule has 0 saturated heterocycles. The Kier molecular flexibility index (Phi) is 3.05. The molecule has 1 N–H and O–H groups in total. The Hall–Kier alpha value is -1.82. The summed E-state index contributed by atoms with van der Waals surface area (Å²) in [6.07, 6.45) is 0. The number of carbonyl (C=O) groups excluding carboxylic acids is 1. The molecule has 2 heterocycles. The fourth-order valence-corrected chi connectivity index (χ4v) is 2.74. The minimum atomic E-state index is -0.0325. The van der Waals surface area contributed by atoms with E-state index in [1.54, 1.807) is 4.68 Å². The number of carbonyl (C=O) groups is 1. The number of hydrogen-bond donors (Lipinski definition) is 1. The third kappa shape index (κ3) is 2.31. The summed E-state index contributed by atoms with van der Waals surface area (Å²) in [4.78, 5) is 11.5. The first-order chi connectivity index (χ1) is 9.45. The van der Waals surface area contributed by atoms with Crippen molar-refractivity contribution < 1.29 is 4.79 Å². The maximum Gasteiger partial charge on any atom is 0.249 e. The van der Waals surface area contributed by atoms with E-state index in [9.17, 15) is 4.79 Å². The summed E-state index contributed by atoms with van der Waals surface area (Å²) in [5.41, 5.74) is 5.11. The lowest BCUT2D eigenvalue weighted by atomic mass is 9.87. The van der Waals surface area contributed by atoms with Crippen LogP contribution >= 0.6 is 11.8 Å². The van der Waals surface area contributed by atoms with E-state index in [0.29, 0.717) is 11.6 Å². The zero-order chi connectivity index (χ0) is 14.3. The lowest BCUT2D eigenvalue weighted by molar-refractivity contribution is -0.114. The van der Waals surface area contributed by atoms with Crippen molar-refractivity contribution in [3.8, 4) is 11.4 Å². The van der Waals surface area contributed by atoms with Crippen molar-refractivity contribution in [3.05, 3.63) is 29.8 Å². The van der Waals surface area contributed by atoms with Gasteiger partial charge in [-0.15, -0.1) is 10.2 Å². The highest BCUT2D eigenvalue weighted by molar-refractivity contribution is 7.99. The van der Waals surface area contributed by atoms with Crippen molar-refractivity contribution in [2.24, 2.45) is 0 Å². The van der Waals surface area contributed by atoms with Crippen LogP contribution in [0.5, 0.6) is 0 Å². The van der Waals surface area contributed by atoms with E-state index in [1.165, 1.54) is 17.3 Å². The van der Waals surface area contributed by atoms with Crippen LogP contribution in [0.15, 0.2) is 29.4 Å². The molecule has 1 amide bonds. The van der Waals surface area contributed by atoms with Crippen LogP contribution in [0.4, 0.5) is 0 Å². The fourth-order valence-electron chi connectivity index (χ4n) is 2.06. The summed E-state index contributed by atoms with van der Waals surface area (Å²) in [6, 6.07) is 8.22. The number of aromatic nitrogens is 3. The van der Waals surface area contributed by atoms with Gasteiger partial charge in [0.15, 0.2) is 5.82 Å². The second-order valence-electron chi connectivity index (χ2n) is 5.79. The largest absolute Gasteiger partial charge is 0.272 e.